The van der Waals surface area contributed by atoms with Gasteiger partial charge in [0.1, 0.15) is 5.01 Å². The largest absolute Gasteiger partial charge is 0.346 e. The standard InChI is InChI=1S/C14H23N3OS/c1-2-11(12-16-8-9-19-12)17-13(18)14(10-15)6-4-3-5-7-14/h8-9,11H,2-7,10,15H2,1H3,(H,17,18). The van der Waals surface area contributed by atoms with Crippen LogP contribution in [0.4, 0.5) is 0 Å². The molecule has 0 aromatic carbocycles. The van der Waals surface area contributed by atoms with Crippen LogP contribution in [0, 0.1) is 5.41 Å². The number of thiazole rings is 1. The summed E-state index contributed by atoms with van der Waals surface area (Å²) in [4.78, 5) is 16.9. The quantitative estimate of drug-likeness (QED) is 0.871. The fourth-order valence-electron chi connectivity index (χ4n) is 2.81. The SMILES string of the molecule is CCC(NC(=O)C1(CN)CCCCC1)c1nccs1. The number of amides is 1. The average Bonchev–Trinajstić information content (AvgIpc) is 2.99. The van der Waals surface area contributed by atoms with E-state index in [1.54, 1.807) is 17.5 Å². The summed E-state index contributed by atoms with van der Waals surface area (Å²) in [7, 11) is 0. The summed E-state index contributed by atoms with van der Waals surface area (Å²) in [5.74, 6) is 0.122. The molecule has 3 N–H and O–H groups in total. The van der Waals surface area contributed by atoms with Gasteiger partial charge >= 0.3 is 0 Å². The molecule has 1 aromatic rings. The van der Waals surface area contributed by atoms with Gasteiger partial charge in [0.2, 0.25) is 5.91 Å². The Hall–Kier alpha value is -0.940. The van der Waals surface area contributed by atoms with Gasteiger partial charge in [0.15, 0.2) is 0 Å². The Balaban J connectivity index is 2.06. The Morgan fingerprint density at radius 1 is 1.53 bits per heavy atom. The molecule has 1 aromatic heterocycles. The molecule has 0 spiro atoms. The summed E-state index contributed by atoms with van der Waals surface area (Å²) in [5.41, 5.74) is 5.56. The summed E-state index contributed by atoms with van der Waals surface area (Å²) in [6.07, 6.45) is 7.93. The van der Waals surface area contributed by atoms with Crippen molar-refractivity contribution in [3.05, 3.63) is 16.6 Å². The smallest absolute Gasteiger partial charge is 0.228 e. The van der Waals surface area contributed by atoms with Gasteiger partial charge in [0.05, 0.1) is 11.5 Å². The Morgan fingerprint density at radius 2 is 2.26 bits per heavy atom. The van der Waals surface area contributed by atoms with Crippen molar-refractivity contribution in [1.82, 2.24) is 10.3 Å². The Morgan fingerprint density at radius 3 is 2.79 bits per heavy atom. The minimum Gasteiger partial charge on any atom is -0.346 e. The molecule has 0 saturated heterocycles. The number of nitrogens with two attached hydrogens (primary N) is 1. The lowest BCUT2D eigenvalue weighted by molar-refractivity contribution is -0.133. The molecule has 5 heteroatoms. The van der Waals surface area contributed by atoms with Gasteiger partial charge in [-0.15, -0.1) is 11.3 Å². The Kier molecular flexibility index (Phi) is 4.93. The van der Waals surface area contributed by atoms with Crippen molar-refractivity contribution < 1.29 is 4.79 Å². The first-order valence-electron chi connectivity index (χ1n) is 7.12. The molecule has 1 atom stereocenters. The van der Waals surface area contributed by atoms with Crippen LogP contribution in [0.3, 0.4) is 0 Å². The average molecular weight is 281 g/mol. The van der Waals surface area contributed by atoms with Crippen molar-refractivity contribution in [2.45, 2.75) is 51.5 Å². The molecule has 106 valence electrons. The van der Waals surface area contributed by atoms with Crippen molar-refractivity contribution in [3.63, 3.8) is 0 Å². The fourth-order valence-corrected chi connectivity index (χ4v) is 3.58. The number of carbonyl (C=O) groups excluding carboxylic acids is 1. The number of hydrogen-bond acceptors (Lipinski definition) is 4. The first kappa shape index (κ1) is 14.5. The number of carbonyl (C=O) groups is 1. The van der Waals surface area contributed by atoms with E-state index in [0.29, 0.717) is 6.54 Å². The maximum atomic E-state index is 12.6. The van der Waals surface area contributed by atoms with E-state index < -0.39 is 0 Å². The van der Waals surface area contributed by atoms with Gasteiger partial charge in [0, 0.05) is 18.1 Å². The van der Waals surface area contributed by atoms with Crippen LogP contribution in [0.25, 0.3) is 0 Å². The molecule has 0 aliphatic heterocycles. The van der Waals surface area contributed by atoms with E-state index in [9.17, 15) is 4.79 Å². The molecular weight excluding hydrogens is 258 g/mol. The summed E-state index contributed by atoms with van der Waals surface area (Å²) in [6, 6.07) is 0.0258. The Labute approximate surface area is 118 Å². The van der Waals surface area contributed by atoms with Crippen LogP contribution in [0.15, 0.2) is 11.6 Å². The molecule has 1 unspecified atom stereocenters. The van der Waals surface area contributed by atoms with Crippen molar-refractivity contribution >= 4 is 17.2 Å². The van der Waals surface area contributed by atoms with Crippen molar-refractivity contribution in [3.8, 4) is 0 Å². The summed E-state index contributed by atoms with van der Waals surface area (Å²) < 4.78 is 0. The molecule has 0 radical (unpaired) electrons. The monoisotopic (exact) mass is 281 g/mol. The number of nitrogens with one attached hydrogen (secondary N) is 1. The minimum absolute atomic E-state index is 0.0258. The lowest BCUT2D eigenvalue weighted by Gasteiger charge is -2.35. The van der Waals surface area contributed by atoms with Crippen molar-refractivity contribution in [1.29, 1.82) is 0 Å². The molecule has 1 fully saturated rings. The molecule has 1 aliphatic rings. The highest BCUT2D eigenvalue weighted by molar-refractivity contribution is 7.09. The molecule has 1 heterocycles. The number of hydrogen-bond donors (Lipinski definition) is 2. The van der Waals surface area contributed by atoms with E-state index in [0.717, 1.165) is 37.1 Å². The highest BCUT2D eigenvalue weighted by atomic mass is 32.1. The number of aromatic nitrogens is 1. The normalized spacial score (nSPS) is 19.9. The van der Waals surface area contributed by atoms with Crippen LogP contribution >= 0.6 is 11.3 Å². The lowest BCUT2D eigenvalue weighted by atomic mass is 9.73. The molecule has 4 nitrogen and oxygen atoms in total. The van der Waals surface area contributed by atoms with Crippen LogP contribution in [0.2, 0.25) is 0 Å². The van der Waals surface area contributed by atoms with Gasteiger partial charge in [-0.25, -0.2) is 4.98 Å². The second kappa shape index (κ2) is 6.48. The van der Waals surface area contributed by atoms with Gasteiger partial charge in [-0.3, -0.25) is 4.79 Å². The maximum Gasteiger partial charge on any atom is 0.228 e. The van der Waals surface area contributed by atoms with Crippen LogP contribution in [-0.2, 0) is 4.79 Å². The van der Waals surface area contributed by atoms with Gasteiger partial charge in [-0.05, 0) is 19.3 Å². The predicted molar refractivity (Wildman–Crippen MR) is 77.9 cm³/mol. The zero-order valence-corrected chi connectivity index (χ0v) is 12.3. The van der Waals surface area contributed by atoms with Crippen LogP contribution < -0.4 is 11.1 Å². The van der Waals surface area contributed by atoms with Gasteiger partial charge in [0.25, 0.3) is 0 Å². The molecule has 1 saturated carbocycles. The third-order valence-corrected chi connectivity index (χ3v) is 5.04. The number of rotatable bonds is 5. The van der Waals surface area contributed by atoms with E-state index in [4.69, 9.17) is 5.73 Å². The zero-order chi connectivity index (χ0) is 13.7. The lowest BCUT2D eigenvalue weighted by Crippen LogP contribution is -2.48. The fraction of sp³-hybridized carbons (Fsp3) is 0.714. The second-order valence-corrected chi connectivity index (χ2v) is 6.28. The first-order valence-corrected chi connectivity index (χ1v) is 8.00. The van der Waals surface area contributed by atoms with Crippen LogP contribution in [0.5, 0.6) is 0 Å². The number of nitrogens with zero attached hydrogens (tertiary/aromatic N) is 1. The predicted octanol–water partition coefficient (Wildman–Crippen LogP) is 2.62. The van der Waals surface area contributed by atoms with Crippen LogP contribution in [-0.4, -0.2) is 17.4 Å². The zero-order valence-electron chi connectivity index (χ0n) is 11.5. The van der Waals surface area contributed by atoms with E-state index in [2.05, 4.69) is 17.2 Å². The third-order valence-electron chi connectivity index (χ3n) is 4.15. The van der Waals surface area contributed by atoms with Gasteiger partial charge in [-0.2, -0.15) is 0 Å². The molecular formula is C14H23N3OS. The van der Waals surface area contributed by atoms with E-state index in [1.165, 1.54) is 6.42 Å². The maximum absolute atomic E-state index is 12.6. The highest BCUT2D eigenvalue weighted by Crippen LogP contribution is 2.36. The first-order chi connectivity index (χ1) is 9.22. The molecule has 1 amide bonds. The minimum atomic E-state index is -0.344. The van der Waals surface area contributed by atoms with Crippen molar-refractivity contribution in [2.75, 3.05) is 6.54 Å². The van der Waals surface area contributed by atoms with Gasteiger partial charge in [-0.1, -0.05) is 26.2 Å². The third kappa shape index (κ3) is 3.15. The van der Waals surface area contributed by atoms with E-state index in [1.807, 2.05) is 5.38 Å². The topological polar surface area (TPSA) is 68.0 Å². The molecule has 19 heavy (non-hydrogen) atoms. The van der Waals surface area contributed by atoms with Gasteiger partial charge < -0.3 is 11.1 Å². The van der Waals surface area contributed by atoms with Crippen LogP contribution in [0.1, 0.15) is 56.5 Å². The van der Waals surface area contributed by atoms with Crippen molar-refractivity contribution in [2.24, 2.45) is 11.1 Å². The Bertz CT molecular complexity index is 399. The summed E-state index contributed by atoms with van der Waals surface area (Å²) in [5, 5.41) is 6.09. The summed E-state index contributed by atoms with van der Waals surface area (Å²) in [6.45, 7) is 2.52. The summed E-state index contributed by atoms with van der Waals surface area (Å²) >= 11 is 1.59. The van der Waals surface area contributed by atoms with E-state index >= 15 is 0 Å². The second-order valence-electron chi connectivity index (χ2n) is 5.35. The molecule has 1 aliphatic carbocycles. The molecule has 0 bridgehead atoms. The highest BCUT2D eigenvalue weighted by Gasteiger charge is 2.39. The van der Waals surface area contributed by atoms with E-state index in [-0.39, 0.29) is 17.4 Å². The molecule has 2 rings (SSSR count).